The van der Waals surface area contributed by atoms with Gasteiger partial charge in [-0.25, -0.2) is 4.79 Å². The van der Waals surface area contributed by atoms with Crippen LogP contribution in [0.25, 0.3) is 0 Å². The third-order valence-electron chi connectivity index (χ3n) is 2.27. The second-order valence-corrected chi connectivity index (χ2v) is 3.31. The zero-order chi connectivity index (χ0) is 12.6. The number of aliphatic carboxylic acids is 1. The van der Waals surface area contributed by atoms with Gasteiger partial charge in [-0.05, 0) is 13.8 Å². The van der Waals surface area contributed by atoms with E-state index in [1.54, 1.807) is 4.90 Å². The zero-order valence-corrected chi connectivity index (χ0v) is 10.0. The predicted molar refractivity (Wildman–Crippen MR) is 59.4 cm³/mol. The van der Waals surface area contributed by atoms with Crippen LogP contribution in [0.5, 0.6) is 0 Å². The summed E-state index contributed by atoms with van der Waals surface area (Å²) >= 11 is 0. The van der Waals surface area contributed by atoms with Crippen molar-refractivity contribution in [3.8, 4) is 0 Å². The van der Waals surface area contributed by atoms with Crippen molar-refractivity contribution in [2.45, 2.75) is 26.4 Å². The quantitative estimate of drug-likeness (QED) is 0.671. The van der Waals surface area contributed by atoms with E-state index >= 15 is 0 Å². The van der Waals surface area contributed by atoms with Crippen LogP contribution in [0.4, 0.5) is 4.79 Å². The number of hydrogen-bond acceptors (Lipinski definition) is 3. The second kappa shape index (κ2) is 7.92. The number of amides is 2. The molecule has 0 heterocycles. The van der Waals surface area contributed by atoms with E-state index in [1.807, 2.05) is 13.8 Å². The minimum absolute atomic E-state index is 0.116. The number of hydrogen-bond donors (Lipinski definition) is 2. The van der Waals surface area contributed by atoms with Crippen molar-refractivity contribution in [2.24, 2.45) is 0 Å². The summed E-state index contributed by atoms with van der Waals surface area (Å²) in [6.07, 6.45) is -0.605. The molecule has 6 heteroatoms. The summed E-state index contributed by atoms with van der Waals surface area (Å²) < 4.78 is 4.94. The molecule has 1 atom stereocenters. The Morgan fingerprint density at radius 2 is 1.94 bits per heavy atom. The Hall–Kier alpha value is -1.30. The molecule has 0 aromatic rings. The Labute approximate surface area is 95.6 Å². The Kier molecular flexibility index (Phi) is 7.28. The van der Waals surface area contributed by atoms with Gasteiger partial charge in [0.2, 0.25) is 0 Å². The Bertz CT molecular complexity index is 229. The molecule has 1 unspecified atom stereocenters. The first-order valence-corrected chi connectivity index (χ1v) is 5.32. The van der Waals surface area contributed by atoms with Gasteiger partial charge in [-0.2, -0.15) is 0 Å². The largest absolute Gasteiger partial charge is 0.481 e. The molecular weight excluding hydrogens is 212 g/mol. The van der Waals surface area contributed by atoms with Gasteiger partial charge in [-0.15, -0.1) is 0 Å². The molecule has 0 aliphatic carbocycles. The van der Waals surface area contributed by atoms with Gasteiger partial charge >= 0.3 is 12.0 Å². The smallest absolute Gasteiger partial charge is 0.317 e. The van der Waals surface area contributed by atoms with Gasteiger partial charge in [0.05, 0.1) is 12.5 Å². The molecule has 2 N–H and O–H groups in total. The lowest BCUT2D eigenvalue weighted by atomic mass is 10.2. The van der Waals surface area contributed by atoms with Crippen molar-refractivity contribution < 1.29 is 19.4 Å². The van der Waals surface area contributed by atoms with E-state index in [9.17, 15) is 9.59 Å². The summed E-state index contributed by atoms with van der Waals surface area (Å²) in [6.45, 7) is 5.22. The van der Waals surface area contributed by atoms with Crippen molar-refractivity contribution in [1.82, 2.24) is 10.2 Å². The van der Waals surface area contributed by atoms with Crippen LogP contribution in [0.3, 0.4) is 0 Å². The van der Waals surface area contributed by atoms with Crippen LogP contribution in [0, 0.1) is 0 Å². The molecule has 0 bridgehead atoms. The number of carbonyl (C=O) groups is 2. The van der Waals surface area contributed by atoms with Crippen molar-refractivity contribution in [3.05, 3.63) is 0 Å². The molecular formula is C10H20N2O4. The summed E-state index contributed by atoms with van der Waals surface area (Å²) in [5.74, 6) is -0.941. The number of urea groups is 1. The molecule has 0 spiro atoms. The standard InChI is InChI=1S/C10H20N2O4/c1-4-12(5-2)10(15)11-7-8(16-3)6-9(13)14/h8H,4-7H2,1-3H3,(H,11,15)(H,13,14). The molecule has 0 aromatic carbocycles. The maximum absolute atomic E-state index is 11.5. The number of carboxylic acids is 1. The third-order valence-corrected chi connectivity index (χ3v) is 2.27. The highest BCUT2D eigenvalue weighted by molar-refractivity contribution is 5.74. The molecule has 0 fully saturated rings. The maximum Gasteiger partial charge on any atom is 0.317 e. The van der Waals surface area contributed by atoms with Gasteiger partial charge in [0, 0.05) is 26.7 Å². The van der Waals surface area contributed by atoms with E-state index in [2.05, 4.69) is 5.32 Å². The van der Waals surface area contributed by atoms with E-state index in [0.717, 1.165) is 0 Å². The zero-order valence-electron chi connectivity index (χ0n) is 10.0. The van der Waals surface area contributed by atoms with Gasteiger partial charge in [0.1, 0.15) is 0 Å². The van der Waals surface area contributed by atoms with Gasteiger partial charge in [-0.3, -0.25) is 4.79 Å². The molecule has 0 radical (unpaired) electrons. The SMILES string of the molecule is CCN(CC)C(=O)NCC(CC(=O)O)OC. The number of nitrogens with one attached hydrogen (secondary N) is 1. The number of carbonyl (C=O) groups excluding carboxylic acids is 1. The number of nitrogens with zero attached hydrogens (tertiary/aromatic N) is 1. The normalized spacial score (nSPS) is 11.9. The molecule has 6 nitrogen and oxygen atoms in total. The van der Waals surface area contributed by atoms with Crippen LogP contribution in [-0.4, -0.2) is 54.9 Å². The molecule has 0 saturated carbocycles. The molecule has 94 valence electrons. The average molecular weight is 232 g/mol. The van der Waals surface area contributed by atoms with Crippen LogP contribution < -0.4 is 5.32 Å². The summed E-state index contributed by atoms with van der Waals surface area (Å²) in [5, 5.41) is 11.2. The van der Waals surface area contributed by atoms with Gasteiger partial charge in [0.15, 0.2) is 0 Å². The van der Waals surface area contributed by atoms with Crippen LogP contribution in [0.15, 0.2) is 0 Å². The van der Waals surface area contributed by atoms with Gasteiger partial charge in [0.25, 0.3) is 0 Å². The monoisotopic (exact) mass is 232 g/mol. The van der Waals surface area contributed by atoms with Crippen LogP contribution in [0.1, 0.15) is 20.3 Å². The van der Waals surface area contributed by atoms with Gasteiger partial charge in [-0.1, -0.05) is 0 Å². The van der Waals surface area contributed by atoms with Crippen LogP contribution in [0.2, 0.25) is 0 Å². The lowest BCUT2D eigenvalue weighted by Crippen LogP contribution is -2.43. The first kappa shape index (κ1) is 14.7. The van der Waals surface area contributed by atoms with Crippen LogP contribution >= 0.6 is 0 Å². The molecule has 0 rings (SSSR count). The average Bonchev–Trinajstić information content (AvgIpc) is 2.25. The number of rotatable bonds is 7. The minimum Gasteiger partial charge on any atom is -0.481 e. The third kappa shape index (κ3) is 5.55. The highest BCUT2D eigenvalue weighted by Gasteiger charge is 2.15. The van der Waals surface area contributed by atoms with E-state index < -0.39 is 12.1 Å². The molecule has 0 aromatic heterocycles. The van der Waals surface area contributed by atoms with Crippen LogP contribution in [-0.2, 0) is 9.53 Å². The Balaban J connectivity index is 4.00. The topological polar surface area (TPSA) is 78.9 Å². The van der Waals surface area contributed by atoms with E-state index in [4.69, 9.17) is 9.84 Å². The fourth-order valence-electron chi connectivity index (χ4n) is 1.26. The lowest BCUT2D eigenvalue weighted by Gasteiger charge is -2.21. The first-order valence-electron chi connectivity index (χ1n) is 5.32. The van der Waals surface area contributed by atoms with Crippen molar-refractivity contribution >= 4 is 12.0 Å². The minimum atomic E-state index is -0.941. The van der Waals surface area contributed by atoms with Crippen molar-refractivity contribution in [3.63, 3.8) is 0 Å². The molecule has 0 aliphatic heterocycles. The second-order valence-electron chi connectivity index (χ2n) is 3.31. The molecule has 16 heavy (non-hydrogen) atoms. The fraction of sp³-hybridized carbons (Fsp3) is 0.800. The van der Waals surface area contributed by atoms with Crippen molar-refractivity contribution in [2.75, 3.05) is 26.7 Å². The lowest BCUT2D eigenvalue weighted by molar-refractivity contribution is -0.139. The first-order chi connectivity index (χ1) is 7.54. The summed E-state index contributed by atoms with van der Waals surface area (Å²) in [7, 11) is 1.43. The van der Waals surface area contributed by atoms with Crippen molar-refractivity contribution in [1.29, 1.82) is 0 Å². The van der Waals surface area contributed by atoms with Gasteiger partial charge < -0.3 is 20.1 Å². The fourth-order valence-corrected chi connectivity index (χ4v) is 1.26. The Morgan fingerprint density at radius 3 is 2.31 bits per heavy atom. The summed E-state index contributed by atoms with van der Waals surface area (Å²) in [6, 6.07) is -0.197. The molecule has 0 aliphatic rings. The summed E-state index contributed by atoms with van der Waals surface area (Å²) in [4.78, 5) is 23.6. The highest BCUT2D eigenvalue weighted by Crippen LogP contribution is 1.96. The number of carboxylic acid groups (broad SMARTS) is 1. The van der Waals surface area contributed by atoms with E-state index in [1.165, 1.54) is 7.11 Å². The highest BCUT2D eigenvalue weighted by atomic mass is 16.5. The summed E-state index contributed by atoms with van der Waals surface area (Å²) in [5.41, 5.74) is 0. The molecule has 2 amide bonds. The van der Waals surface area contributed by atoms with E-state index in [0.29, 0.717) is 13.1 Å². The number of ether oxygens (including phenoxy) is 1. The molecule has 0 saturated heterocycles. The number of methoxy groups -OCH3 is 1. The maximum atomic E-state index is 11.5. The van der Waals surface area contributed by atoms with E-state index in [-0.39, 0.29) is 19.0 Å². The predicted octanol–water partition coefficient (Wildman–Crippen LogP) is 0.527. The Morgan fingerprint density at radius 1 is 1.38 bits per heavy atom.